The molecule has 7 aromatic rings. The molecule has 39 heavy (non-hydrogen) atoms. The number of rotatable bonds is 4. The predicted molar refractivity (Wildman–Crippen MR) is 169 cm³/mol. The zero-order valence-corrected chi connectivity index (χ0v) is 22.4. The molecule has 0 amide bonds. The van der Waals surface area contributed by atoms with Crippen molar-refractivity contribution in [1.29, 1.82) is 0 Å². The van der Waals surface area contributed by atoms with E-state index in [1.165, 1.54) is 71.3 Å². The third-order valence-corrected chi connectivity index (χ3v) is 8.05. The Kier molecular flexibility index (Phi) is 5.75. The lowest BCUT2D eigenvalue weighted by molar-refractivity contribution is 0.867. The third-order valence-electron chi connectivity index (χ3n) is 8.05. The molecule has 0 heteroatoms. The summed E-state index contributed by atoms with van der Waals surface area (Å²) in [4.78, 5) is 0. The second-order valence-electron chi connectivity index (χ2n) is 10.8. The highest BCUT2D eigenvalue weighted by atomic mass is 14.2. The fourth-order valence-electron chi connectivity index (χ4n) is 5.99. The monoisotopic (exact) mass is 498 g/mol. The molecule has 0 nitrogen and oxygen atoms in total. The van der Waals surface area contributed by atoms with Gasteiger partial charge in [-0.1, -0.05) is 147 Å². The van der Waals surface area contributed by atoms with Crippen LogP contribution < -0.4 is 0 Å². The van der Waals surface area contributed by atoms with Gasteiger partial charge in [0.2, 0.25) is 0 Å². The first-order chi connectivity index (χ1) is 19.2. The van der Waals surface area contributed by atoms with E-state index in [1.807, 2.05) is 0 Å². The molecule has 0 bridgehead atoms. The van der Waals surface area contributed by atoms with E-state index in [9.17, 15) is 0 Å². The Labute approximate surface area is 230 Å². The second kappa shape index (κ2) is 9.57. The minimum atomic E-state index is 0.542. The van der Waals surface area contributed by atoms with Gasteiger partial charge in [-0.3, -0.25) is 0 Å². The molecule has 0 heterocycles. The average molecular weight is 499 g/mol. The molecule has 0 atom stereocenters. The van der Waals surface area contributed by atoms with Crippen molar-refractivity contribution in [3.8, 4) is 33.4 Å². The Morgan fingerprint density at radius 1 is 0.359 bits per heavy atom. The van der Waals surface area contributed by atoms with Crippen molar-refractivity contribution in [2.75, 3.05) is 0 Å². The molecule has 0 unspecified atom stereocenters. The lowest BCUT2D eigenvalue weighted by atomic mass is 9.85. The number of hydrogen-bond donors (Lipinski definition) is 0. The number of hydrogen-bond acceptors (Lipinski definition) is 0. The molecule has 0 aromatic heterocycles. The summed E-state index contributed by atoms with van der Waals surface area (Å²) >= 11 is 0. The first-order valence-corrected chi connectivity index (χ1v) is 13.8. The van der Waals surface area contributed by atoms with E-state index in [4.69, 9.17) is 0 Å². The molecule has 0 radical (unpaired) electrons. The first kappa shape index (κ1) is 23.4. The van der Waals surface area contributed by atoms with E-state index in [-0.39, 0.29) is 0 Å². The maximum Gasteiger partial charge on any atom is -0.00262 e. The summed E-state index contributed by atoms with van der Waals surface area (Å²) in [5.41, 5.74) is 8.98. The fourth-order valence-corrected chi connectivity index (χ4v) is 5.99. The Morgan fingerprint density at radius 3 is 1.31 bits per heavy atom. The van der Waals surface area contributed by atoms with Crippen molar-refractivity contribution in [3.63, 3.8) is 0 Å². The van der Waals surface area contributed by atoms with Crippen molar-refractivity contribution in [3.05, 3.63) is 145 Å². The molecule has 0 saturated carbocycles. The van der Waals surface area contributed by atoms with E-state index in [0.29, 0.717) is 5.92 Å². The highest BCUT2D eigenvalue weighted by molar-refractivity contribution is 6.21. The van der Waals surface area contributed by atoms with Crippen LogP contribution in [0.4, 0.5) is 0 Å². The minimum absolute atomic E-state index is 0.542. The van der Waals surface area contributed by atoms with Crippen molar-refractivity contribution < 1.29 is 0 Å². The van der Waals surface area contributed by atoms with Crippen LogP contribution in [-0.2, 0) is 0 Å². The zero-order chi connectivity index (χ0) is 26.3. The maximum atomic E-state index is 2.34. The normalized spacial score (nSPS) is 11.6. The van der Waals surface area contributed by atoms with E-state index >= 15 is 0 Å². The molecular weight excluding hydrogens is 468 g/mol. The van der Waals surface area contributed by atoms with Crippen molar-refractivity contribution in [2.24, 2.45) is 0 Å². The van der Waals surface area contributed by atoms with Gasteiger partial charge < -0.3 is 0 Å². The van der Waals surface area contributed by atoms with Gasteiger partial charge in [-0.25, -0.2) is 0 Å². The molecule has 0 spiro atoms. The highest BCUT2D eigenvalue weighted by Gasteiger charge is 2.16. The quantitative estimate of drug-likeness (QED) is 0.212. The summed E-state index contributed by atoms with van der Waals surface area (Å²) in [6, 6.07) is 51.3. The molecular formula is C39H30. The minimum Gasteiger partial charge on any atom is -0.0616 e. The largest absolute Gasteiger partial charge is 0.0616 e. The van der Waals surface area contributed by atoms with Crippen LogP contribution >= 0.6 is 0 Å². The van der Waals surface area contributed by atoms with Crippen molar-refractivity contribution >= 4 is 32.3 Å². The van der Waals surface area contributed by atoms with Gasteiger partial charge in [0.15, 0.2) is 0 Å². The van der Waals surface area contributed by atoms with Gasteiger partial charge in [0.25, 0.3) is 0 Å². The van der Waals surface area contributed by atoms with Crippen LogP contribution in [0, 0.1) is 0 Å². The van der Waals surface area contributed by atoms with Crippen LogP contribution in [0.15, 0.2) is 140 Å². The SMILES string of the molecule is CC(C)c1ccc(-c2ccc(-c3c4ccccc4c(-c4ccc5ccccc5c4)c4ccccc34)cc2)cc1. The maximum absolute atomic E-state index is 2.34. The molecule has 0 aliphatic rings. The molecule has 7 rings (SSSR count). The van der Waals surface area contributed by atoms with Crippen LogP contribution in [0.2, 0.25) is 0 Å². The van der Waals surface area contributed by atoms with Crippen molar-refractivity contribution in [1.82, 2.24) is 0 Å². The molecule has 0 saturated heterocycles. The summed E-state index contributed by atoms with van der Waals surface area (Å²) in [6.07, 6.45) is 0. The van der Waals surface area contributed by atoms with Gasteiger partial charge in [0, 0.05) is 0 Å². The standard InChI is InChI=1S/C39H30/c1-26(2)27-15-17-29(18-16-27)30-19-22-31(23-20-30)38-34-11-5-7-13-36(34)39(37-14-8-6-12-35(37)38)33-24-21-28-9-3-4-10-32(28)25-33/h3-26H,1-2H3. The third kappa shape index (κ3) is 4.10. The van der Waals surface area contributed by atoms with Gasteiger partial charge in [-0.05, 0) is 83.2 Å². The van der Waals surface area contributed by atoms with Gasteiger partial charge in [-0.2, -0.15) is 0 Å². The molecule has 0 aliphatic carbocycles. The van der Waals surface area contributed by atoms with Gasteiger partial charge in [0.05, 0.1) is 0 Å². The average Bonchev–Trinajstić information content (AvgIpc) is 3.00. The van der Waals surface area contributed by atoms with Gasteiger partial charge in [-0.15, -0.1) is 0 Å². The molecule has 0 aliphatic heterocycles. The summed E-state index contributed by atoms with van der Waals surface area (Å²) in [6.45, 7) is 4.48. The van der Waals surface area contributed by atoms with Crippen molar-refractivity contribution in [2.45, 2.75) is 19.8 Å². The Bertz CT molecular complexity index is 1900. The molecule has 7 aromatic carbocycles. The van der Waals surface area contributed by atoms with Crippen LogP contribution in [0.25, 0.3) is 65.7 Å². The van der Waals surface area contributed by atoms with Crippen LogP contribution in [0.3, 0.4) is 0 Å². The lowest BCUT2D eigenvalue weighted by Crippen LogP contribution is -1.91. The molecule has 186 valence electrons. The number of fused-ring (bicyclic) bond motifs is 3. The topological polar surface area (TPSA) is 0 Å². The van der Waals surface area contributed by atoms with E-state index in [0.717, 1.165) is 0 Å². The summed E-state index contributed by atoms with van der Waals surface area (Å²) in [5.74, 6) is 0.542. The fraction of sp³-hybridized carbons (Fsp3) is 0.0769. The summed E-state index contributed by atoms with van der Waals surface area (Å²) in [7, 11) is 0. The van der Waals surface area contributed by atoms with Crippen LogP contribution in [0.1, 0.15) is 25.3 Å². The smallest absolute Gasteiger partial charge is 0.00262 e. The van der Waals surface area contributed by atoms with Gasteiger partial charge >= 0.3 is 0 Å². The van der Waals surface area contributed by atoms with E-state index in [2.05, 4.69) is 153 Å². The molecule has 0 fully saturated rings. The van der Waals surface area contributed by atoms with Gasteiger partial charge in [0.1, 0.15) is 0 Å². The Balaban J connectivity index is 1.42. The van der Waals surface area contributed by atoms with Crippen LogP contribution in [0.5, 0.6) is 0 Å². The summed E-state index contributed by atoms with van der Waals surface area (Å²) in [5, 5.41) is 7.68. The second-order valence-corrected chi connectivity index (χ2v) is 10.8. The first-order valence-electron chi connectivity index (χ1n) is 13.8. The highest BCUT2D eigenvalue weighted by Crippen LogP contribution is 2.44. The number of benzene rings is 7. The lowest BCUT2D eigenvalue weighted by Gasteiger charge is -2.18. The Hall–Kier alpha value is -4.68. The summed E-state index contributed by atoms with van der Waals surface area (Å²) < 4.78 is 0. The molecule has 0 N–H and O–H groups in total. The van der Waals surface area contributed by atoms with E-state index < -0.39 is 0 Å². The zero-order valence-electron chi connectivity index (χ0n) is 22.4. The van der Waals surface area contributed by atoms with Crippen LogP contribution in [-0.4, -0.2) is 0 Å². The Morgan fingerprint density at radius 2 is 0.769 bits per heavy atom. The predicted octanol–water partition coefficient (Wildman–Crippen LogP) is 11.3. The van der Waals surface area contributed by atoms with E-state index in [1.54, 1.807) is 0 Å².